The van der Waals surface area contributed by atoms with Crippen molar-refractivity contribution >= 4 is 37.3 Å². The van der Waals surface area contributed by atoms with E-state index in [2.05, 4.69) is 204 Å². The first-order valence-electron chi connectivity index (χ1n) is 18.7. The maximum absolute atomic E-state index is 6.59. The van der Waals surface area contributed by atoms with Crippen LogP contribution in [-0.2, 0) is 29.4 Å². The molecule has 2 saturated heterocycles. The minimum Gasteiger partial charge on any atom is -0.384 e. The van der Waals surface area contributed by atoms with Crippen molar-refractivity contribution in [2.75, 3.05) is 9.62 Å². The summed E-state index contributed by atoms with van der Waals surface area (Å²) in [6.45, 7) is 30.2. The normalized spacial score (nSPS) is 19.2. The summed E-state index contributed by atoms with van der Waals surface area (Å²) in [5, 5.41) is 0. The Morgan fingerprint density at radius 1 is 0.365 bits per heavy atom. The van der Waals surface area contributed by atoms with Gasteiger partial charge in [-0.3, -0.25) is 0 Å². The molecule has 6 nitrogen and oxygen atoms in total. The molecule has 4 aromatic carbocycles. The molecule has 2 heterocycles. The lowest BCUT2D eigenvalue weighted by Crippen LogP contribution is -2.41. The number of rotatable bonds is 7. The van der Waals surface area contributed by atoms with Gasteiger partial charge in [0.1, 0.15) is 0 Å². The lowest BCUT2D eigenvalue weighted by molar-refractivity contribution is 0.00578. The lowest BCUT2D eigenvalue weighted by Gasteiger charge is -2.32. The molecule has 0 aromatic heterocycles. The summed E-state index contributed by atoms with van der Waals surface area (Å²) in [5.74, 6) is 0. The van der Waals surface area contributed by atoms with Crippen LogP contribution in [0.15, 0.2) is 97.1 Å². The average molecular weight is 701 g/mol. The fourth-order valence-corrected chi connectivity index (χ4v) is 6.49. The maximum Gasteiger partial charge on any atom is 0.598 e. The summed E-state index contributed by atoms with van der Waals surface area (Å²) in [5.41, 5.74) is 7.06. The van der Waals surface area contributed by atoms with Gasteiger partial charge in [-0.15, -0.1) is 0 Å². The van der Waals surface area contributed by atoms with Crippen LogP contribution >= 0.6 is 0 Å². The van der Waals surface area contributed by atoms with E-state index in [0.29, 0.717) is 0 Å². The summed E-state index contributed by atoms with van der Waals surface area (Å²) < 4.78 is 26.4. The quantitative estimate of drug-likeness (QED) is 0.179. The van der Waals surface area contributed by atoms with E-state index in [1.807, 2.05) is 0 Å². The fraction of sp³-hybridized carbons (Fsp3) is 0.455. The molecule has 8 heteroatoms. The van der Waals surface area contributed by atoms with Crippen LogP contribution in [0, 0.1) is 0 Å². The third-order valence-electron chi connectivity index (χ3n) is 11.6. The van der Waals surface area contributed by atoms with Crippen molar-refractivity contribution in [1.29, 1.82) is 0 Å². The lowest BCUT2D eigenvalue weighted by atomic mass is 9.86. The first-order chi connectivity index (χ1) is 24.0. The van der Waals surface area contributed by atoms with Crippen molar-refractivity contribution in [3.8, 4) is 11.1 Å². The Morgan fingerprint density at radius 2 is 0.577 bits per heavy atom. The van der Waals surface area contributed by atoms with E-state index in [1.54, 1.807) is 0 Å². The molecule has 2 fully saturated rings. The molecule has 0 amide bonds. The highest BCUT2D eigenvalue weighted by Gasteiger charge is 2.56. The van der Waals surface area contributed by atoms with Gasteiger partial charge < -0.3 is 28.2 Å². The molecular formula is C44H58B2N2O4. The summed E-state index contributed by atoms with van der Waals surface area (Å²) in [7, 11) is -1.15. The van der Waals surface area contributed by atoms with Crippen LogP contribution in [0.3, 0.4) is 0 Å². The highest BCUT2D eigenvalue weighted by atomic mass is 16.7. The van der Waals surface area contributed by atoms with Crippen LogP contribution in [0.5, 0.6) is 0 Å². The number of hydrogen-bond acceptors (Lipinski definition) is 6. The second-order valence-electron chi connectivity index (χ2n) is 18.6. The van der Waals surface area contributed by atoms with E-state index in [0.717, 1.165) is 33.9 Å². The molecular weight excluding hydrogens is 642 g/mol. The Kier molecular flexibility index (Phi) is 9.61. The summed E-state index contributed by atoms with van der Waals surface area (Å²) in [6.07, 6.45) is 0. The van der Waals surface area contributed by atoms with Gasteiger partial charge in [0.2, 0.25) is 0 Å². The van der Waals surface area contributed by atoms with Gasteiger partial charge in [-0.25, -0.2) is 0 Å². The molecule has 0 spiro atoms. The SMILES string of the molecule is CC(C)(C)c1ccc(N(B2OC(C)(C)C(C)(C)O2)c2ccc(-c3ccc(N(B4OC(C)(C)C(C)(C)O4)c4ccc(C(C)(C)C)cc4)cc3)cc2)cc1. The molecule has 0 bridgehead atoms. The smallest absolute Gasteiger partial charge is 0.384 e. The van der Waals surface area contributed by atoms with E-state index in [4.69, 9.17) is 18.6 Å². The average Bonchev–Trinajstić information content (AvgIpc) is 3.40. The minimum atomic E-state index is -0.575. The highest BCUT2D eigenvalue weighted by molar-refractivity contribution is 6.53. The Balaban J connectivity index is 1.31. The molecule has 0 N–H and O–H groups in total. The van der Waals surface area contributed by atoms with Crippen molar-refractivity contribution in [1.82, 2.24) is 0 Å². The highest BCUT2D eigenvalue weighted by Crippen LogP contribution is 2.44. The fourth-order valence-electron chi connectivity index (χ4n) is 6.49. The second kappa shape index (κ2) is 13.1. The molecule has 0 saturated carbocycles. The second-order valence-corrected chi connectivity index (χ2v) is 18.6. The van der Waals surface area contributed by atoms with Crippen LogP contribution < -0.4 is 9.62 Å². The maximum atomic E-state index is 6.59. The molecule has 0 aliphatic carbocycles. The zero-order chi connectivity index (χ0) is 38.1. The van der Waals surface area contributed by atoms with E-state index in [1.165, 1.54) is 11.1 Å². The predicted molar refractivity (Wildman–Crippen MR) is 219 cm³/mol. The van der Waals surface area contributed by atoms with Crippen LogP contribution in [-0.4, -0.2) is 36.9 Å². The molecule has 0 unspecified atom stereocenters. The van der Waals surface area contributed by atoms with Crippen molar-refractivity contribution in [2.45, 2.75) is 130 Å². The van der Waals surface area contributed by atoms with Gasteiger partial charge in [0.15, 0.2) is 0 Å². The number of hydrogen-bond donors (Lipinski definition) is 0. The van der Waals surface area contributed by atoms with Gasteiger partial charge in [0.05, 0.1) is 22.4 Å². The zero-order valence-corrected chi connectivity index (χ0v) is 33.9. The summed E-state index contributed by atoms with van der Waals surface area (Å²) >= 11 is 0. The molecule has 0 radical (unpaired) electrons. The molecule has 0 atom stereocenters. The van der Waals surface area contributed by atoms with Crippen LogP contribution in [0.2, 0.25) is 0 Å². The van der Waals surface area contributed by atoms with E-state index in [-0.39, 0.29) is 10.8 Å². The number of anilines is 4. The van der Waals surface area contributed by atoms with Gasteiger partial charge in [-0.05, 0) is 137 Å². The van der Waals surface area contributed by atoms with Gasteiger partial charge in [-0.2, -0.15) is 0 Å². The molecule has 6 rings (SSSR count). The Morgan fingerprint density at radius 3 is 0.788 bits per heavy atom. The zero-order valence-electron chi connectivity index (χ0n) is 33.9. The Bertz CT molecular complexity index is 1680. The monoisotopic (exact) mass is 700 g/mol. The van der Waals surface area contributed by atoms with Gasteiger partial charge in [-0.1, -0.05) is 90.1 Å². The van der Waals surface area contributed by atoms with Crippen LogP contribution in [0.1, 0.15) is 108 Å². The van der Waals surface area contributed by atoms with E-state index < -0.39 is 36.9 Å². The largest absolute Gasteiger partial charge is 0.598 e. The first-order valence-corrected chi connectivity index (χ1v) is 18.7. The third-order valence-corrected chi connectivity index (χ3v) is 11.6. The van der Waals surface area contributed by atoms with Gasteiger partial charge >= 0.3 is 14.5 Å². The molecule has 2 aliphatic rings. The number of benzene rings is 4. The molecule has 274 valence electrons. The summed E-state index contributed by atoms with van der Waals surface area (Å²) in [4.78, 5) is 4.31. The van der Waals surface area contributed by atoms with Crippen LogP contribution in [0.4, 0.5) is 22.7 Å². The van der Waals surface area contributed by atoms with Crippen molar-refractivity contribution < 1.29 is 18.6 Å². The summed E-state index contributed by atoms with van der Waals surface area (Å²) in [6, 6.07) is 34.8. The topological polar surface area (TPSA) is 43.4 Å². The van der Waals surface area contributed by atoms with Crippen LogP contribution in [0.25, 0.3) is 11.1 Å². The standard InChI is InChI=1S/C44H58B2N2O4/c1-39(2,3)33-19-27-37(28-20-33)47(45-49-41(7,8)42(9,10)50-45)35-23-15-31(16-24-35)32-17-25-36(26-18-32)48(46-51-43(11,12)44(13,14)52-46)38-29-21-34(22-30-38)40(4,5)6/h15-30H,1-14H3. The van der Waals surface area contributed by atoms with Gasteiger partial charge in [0, 0.05) is 22.7 Å². The van der Waals surface area contributed by atoms with E-state index >= 15 is 0 Å². The molecule has 52 heavy (non-hydrogen) atoms. The first kappa shape index (κ1) is 38.2. The molecule has 2 aliphatic heterocycles. The Hall–Kier alpha value is -3.55. The van der Waals surface area contributed by atoms with Crippen molar-refractivity contribution in [2.24, 2.45) is 0 Å². The van der Waals surface area contributed by atoms with E-state index in [9.17, 15) is 0 Å². The van der Waals surface area contributed by atoms with Gasteiger partial charge in [0.25, 0.3) is 0 Å². The molecule has 4 aromatic rings. The minimum absolute atomic E-state index is 0.0587. The third kappa shape index (κ3) is 7.33. The predicted octanol–water partition coefficient (Wildman–Crippen LogP) is 11.4. The Labute approximate surface area is 314 Å². The number of nitrogens with zero attached hydrogens (tertiary/aromatic N) is 2. The van der Waals surface area contributed by atoms with Crippen molar-refractivity contribution in [3.05, 3.63) is 108 Å². The van der Waals surface area contributed by atoms with Crippen molar-refractivity contribution in [3.63, 3.8) is 0 Å².